The molecular weight excluding hydrogens is 162 g/mol. The second kappa shape index (κ2) is 4.92. The lowest BCUT2D eigenvalue weighted by atomic mass is 10.2. The summed E-state index contributed by atoms with van der Waals surface area (Å²) in [5.41, 5.74) is 6.49. The molecule has 0 spiro atoms. The number of nitriles is 1. The van der Waals surface area contributed by atoms with Gasteiger partial charge in [-0.25, -0.2) is 4.98 Å². The average Bonchev–Trinajstić information content (AvgIpc) is 2.19. The highest BCUT2D eigenvalue weighted by molar-refractivity contribution is 5.33. The van der Waals surface area contributed by atoms with Crippen molar-refractivity contribution in [2.24, 2.45) is 5.73 Å². The summed E-state index contributed by atoms with van der Waals surface area (Å²) in [6.07, 6.45) is 2.17. The molecule has 1 aromatic heterocycles. The van der Waals surface area contributed by atoms with Crippen LogP contribution < -0.4 is 5.73 Å². The van der Waals surface area contributed by atoms with E-state index in [1.165, 1.54) is 6.20 Å². The highest BCUT2D eigenvalue weighted by Crippen LogP contribution is 1.96. The van der Waals surface area contributed by atoms with Gasteiger partial charge in [-0.2, -0.15) is 5.26 Å². The average molecular weight is 171 g/mol. The van der Waals surface area contributed by atoms with E-state index in [0.717, 1.165) is 0 Å². The summed E-state index contributed by atoms with van der Waals surface area (Å²) < 4.78 is 0. The maximum atomic E-state index is 8.50. The lowest BCUT2D eigenvalue weighted by Crippen LogP contribution is -1.95. The number of nitrogens with zero attached hydrogens (tertiary/aromatic N) is 2. The van der Waals surface area contributed by atoms with Crippen molar-refractivity contribution in [1.82, 2.24) is 4.98 Å². The summed E-state index contributed by atoms with van der Waals surface area (Å²) in [4.78, 5) is 3.98. The van der Waals surface area contributed by atoms with Gasteiger partial charge in [0.25, 0.3) is 0 Å². The van der Waals surface area contributed by atoms with Crippen LogP contribution in [0, 0.1) is 23.2 Å². The Balaban J connectivity index is 2.72. The van der Waals surface area contributed by atoms with E-state index in [0.29, 0.717) is 24.2 Å². The van der Waals surface area contributed by atoms with Crippen molar-refractivity contribution in [1.29, 1.82) is 5.26 Å². The molecular formula is C10H9N3. The number of hydrogen-bond acceptors (Lipinski definition) is 3. The van der Waals surface area contributed by atoms with Gasteiger partial charge in [0.05, 0.1) is 5.56 Å². The summed E-state index contributed by atoms with van der Waals surface area (Å²) >= 11 is 0. The van der Waals surface area contributed by atoms with Gasteiger partial charge in [-0.05, 0) is 18.1 Å². The summed E-state index contributed by atoms with van der Waals surface area (Å²) in [5, 5.41) is 8.50. The first-order valence-electron chi connectivity index (χ1n) is 3.92. The van der Waals surface area contributed by atoms with Gasteiger partial charge in [-0.1, -0.05) is 5.92 Å². The molecule has 0 aliphatic rings. The normalized spacial score (nSPS) is 8.31. The van der Waals surface area contributed by atoms with Gasteiger partial charge in [0.1, 0.15) is 11.8 Å². The zero-order chi connectivity index (χ0) is 9.52. The highest BCUT2D eigenvalue weighted by atomic mass is 14.7. The van der Waals surface area contributed by atoms with Gasteiger partial charge >= 0.3 is 0 Å². The molecule has 3 nitrogen and oxygen atoms in total. The van der Waals surface area contributed by atoms with Crippen molar-refractivity contribution in [3.05, 3.63) is 29.6 Å². The van der Waals surface area contributed by atoms with E-state index in [4.69, 9.17) is 11.0 Å². The van der Waals surface area contributed by atoms with E-state index in [9.17, 15) is 0 Å². The Hall–Kier alpha value is -1.84. The highest BCUT2D eigenvalue weighted by Gasteiger charge is 1.89. The molecule has 0 atom stereocenters. The lowest BCUT2D eigenvalue weighted by Gasteiger charge is -1.88. The van der Waals surface area contributed by atoms with Crippen molar-refractivity contribution in [2.45, 2.75) is 6.42 Å². The molecule has 0 fully saturated rings. The molecule has 3 heteroatoms. The standard InChI is InChI=1S/C10H9N3/c11-6-2-1-3-10-5-4-9(7-12)8-13-10/h4-5,8H,2,6,11H2. The Morgan fingerprint density at radius 3 is 2.85 bits per heavy atom. The third-order valence-corrected chi connectivity index (χ3v) is 1.38. The molecule has 0 saturated heterocycles. The topological polar surface area (TPSA) is 62.7 Å². The zero-order valence-corrected chi connectivity index (χ0v) is 7.12. The van der Waals surface area contributed by atoms with Crippen LogP contribution in [-0.4, -0.2) is 11.5 Å². The fourth-order valence-corrected chi connectivity index (χ4v) is 0.759. The first-order valence-corrected chi connectivity index (χ1v) is 3.92. The van der Waals surface area contributed by atoms with E-state index in [2.05, 4.69) is 16.8 Å². The molecule has 1 aromatic rings. The first kappa shape index (κ1) is 9.25. The monoisotopic (exact) mass is 171 g/mol. The molecule has 13 heavy (non-hydrogen) atoms. The summed E-state index contributed by atoms with van der Waals surface area (Å²) in [5.74, 6) is 5.71. The third-order valence-electron chi connectivity index (χ3n) is 1.38. The smallest absolute Gasteiger partial charge is 0.113 e. The fraction of sp³-hybridized carbons (Fsp3) is 0.200. The number of aromatic nitrogens is 1. The molecule has 0 radical (unpaired) electrons. The second-order valence-corrected chi connectivity index (χ2v) is 2.38. The van der Waals surface area contributed by atoms with Crippen molar-refractivity contribution >= 4 is 0 Å². The predicted octanol–water partition coefficient (Wildman–Crippen LogP) is 0.654. The number of pyridine rings is 1. The van der Waals surface area contributed by atoms with Crippen molar-refractivity contribution in [3.63, 3.8) is 0 Å². The van der Waals surface area contributed by atoms with Gasteiger partial charge < -0.3 is 5.73 Å². The van der Waals surface area contributed by atoms with Crippen LogP contribution in [0.2, 0.25) is 0 Å². The number of nitrogens with two attached hydrogens (primary N) is 1. The molecule has 0 aliphatic carbocycles. The SMILES string of the molecule is N#Cc1ccc(C#CCCN)nc1. The lowest BCUT2D eigenvalue weighted by molar-refractivity contribution is 1.03. The number of hydrogen-bond donors (Lipinski definition) is 1. The van der Waals surface area contributed by atoms with Gasteiger partial charge in [-0.15, -0.1) is 0 Å². The summed E-state index contributed by atoms with van der Waals surface area (Å²) in [6.45, 7) is 0.559. The minimum absolute atomic E-state index is 0.546. The molecule has 0 aliphatic heterocycles. The maximum Gasteiger partial charge on any atom is 0.113 e. The van der Waals surface area contributed by atoms with Gasteiger partial charge in [-0.3, -0.25) is 0 Å². The molecule has 0 aromatic carbocycles. The van der Waals surface area contributed by atoms with Crippen molar-refractivity contribution < 1.29 is 0 Å². The quantitative estimate of drug-likeness (QED) is 0.631. The molecule has 0 unspecified atom stereocenters. The minimum atomic E-state index is 0.546. The molecule has 0 amide bonds. The third kappa shape index (κ3) is 2.94. The molecule has 1 heterocycles. The van der Waals surface area contributed by atoms with Crippen LogP contribution in [0.25, 0.3) is 0 Å². The predicted molar refractivity (Wildman–Crippen MR) is 49.5 cm³/mol. The summed E-state index contributed by atoms with van der Waals surface area (Å²) in [7, 11) is 0. The van der Waals surface area contributed by atoms with Crippen molar-refractivity contribution in [2.75, 3.05) is 6.54 Å². The largest absolute Gasteiger partial charge is 0.330 e. The van der Waals surface area contributed by atoms with Crippen molar-refractivity contribution in [3.8, 4) is 17.9 Å². The Bertz CT molecular complexity index is 362. The Labute approximate surface area is 77.2 Å². The van der Waals surface area contributed by atoms with Crippen LogP contribution in [-0.2, 0) is 0 Å². The van der Waals surface area contributed by atoms with E-state index >= 15 is 0 Å². The van der Waals surface area contributed by atoms with E-state index in [1.807, 2.05) is 6.07 Å². The Kier molecular flexibility index (Phi) is 3.50. The number of rotatable bonds is 1. The summed E-state index contributed by atoms with van der Waals surface area (Å²) in [6, 6.07) is 5.41. The molecule has 0 bridgehead atoms. The second-order valence-electron chi connectivity index (χ2n) is 2.38. The molecule has 1 rings (SSSR count). The van der Waals surface area contributed by atoms with Crippen LogP contribution in [0.4, 0.5) is 0 Å². The van der Waals surface area contributed by atoms with Gasteiger partial charge in [0.2, 0.25) is 0 Å². The van der Waals surface area contributed by atoms with Gasteiger partial charge in [0.15, 0.2) is 0 Å². The van der Waals surface area contributed by atoms with Crippen LogP contribution in [0.1, 0.15) is 17.7 Å². The van der Waals surface area contributed by atoms with E-state index < -0.39 is 0 Å². The first-order chi connectivity index (χ1) is 6.36. The van der Waals surface area contributed by atoms with Crippen LogP contribution >= 0.6 is 0 Å². The Morgan fingerprint density at radius 1 is 1.46 bits per heavy atom. The van der Waals surface area contributed by atoms with Crippen LogP contribution in [0.15, 0.2) is 18.3 Å². The molecule has 0 saturated carbocycles. The zero-order valence-electron chi connectivity index (χ0n) is 7.12. The van der Waals surface area contributed by atoms with E-state index in [-0.39, 0.29) is 0 Å². The van der Waals surface area contributed by atoms with Crippen LogP contribution in [0.5, 0.6) is 0 Å². The fourth-order valence-electron chi connectivity index (χ4n) is 0.759. The minimum Gasteiger partial charge on any atom is -0.330 e. The molecule has 64 valence electrons. The Morgan fingerprint density at radius 2 is 2.31 bits per heavy atom. The maximum absolute atomic E-state index is 8.50. The van der Waals surface area contributed by atoms with Gasteiger partial charge in [0, 0.05) is 19.2 Å². The van der Waals surface area contributed by atoms with E-state index in [1.54, 1.807) is 12.1 Å². The molecule has 2 N–H and O–H groups in total. The van der Waals surface area contributed by atoms with Crippen LogP contribution in [0.3, 0.4) is 0 Å².